The topological polar surface area (TPSA) is 91.5 Å². The Kier molecular flexibility index (Phi) is 6.36. The molecule has 31 heavy (non-hydrogen) atoms. The van der Waals surface area contributed by atoms with E-state index in [1.165, 1.54) is 0 Å². The fourth-order valence-electron chi connectivity index (χ4n) is 3.88. The monoisotopic (exact) mass is 440 g/mol. The Morgan fingerprint density at radius 3 is 2.61 bits per heavy atom. The molecule has 1 saturated heterocycles. The molecule has 3 unspecified atom stereocenters. The highest BCUT2D eigenvalue weighted by atomic mass is 35.5. The third-order valence-corrected chi connectivity index (χ3v) is 5.65. The molecule has 2 N–H and O–H groups in total. The molecule has 0 radical (unpaired) electrons. The quantitative estimate of drug-likeness (QED) is 0.625. The van der Waals surface area contributed by atoms with E-state index in [0.717, 1.165) is 5.56 Å². The van der Waals surface area contributed by atoms with Crippen molar-refractivity contribution in [3.8, 4) is 11.5 Å². The normalized spacial score (nSPS) is 21.5. The van der Waals surface area contributed by atoms with Crippen LogP contribution < -0.4 is 5.32 Å². The zero-order chi connectivity index (χ0) is 22.0. The van der Waals surface area contributed by atoms with Crippen LogP contribution in [0, 0.1) is 5.92 Å². The number of nitrogens with one attached hydrogen (secondary N) is 1. The lowest BCUT2D eigenvalue weighted by molar-refractivity contribution is -0.0229. The van der Waals surface area contributed by atoms with E-state index in [1.54, 1.807) is 29.2 Å². The number of aromatic nitrogens is 2. The number of hydrogen-bond acceptors (Lipinski definition) is 6. The first kappa shape index (κ1) is 21.5. The SMILES string of the molecule is CC(C)CC1C(O)NC(c2ccccc2)CN1C(=O)c1noc(-c2ccc(Cl)cc2)n1. The number of amides is 1. The summed E-state index contributed by atoms with van der Waals surface area (Å²) >= 11 is 5.93. The average Bonchev–Trinajstić information content (AvgIpc) is 3.25. The third kappa shape index (κ3) is 4.79. The van der Waals surface area contributed by atoms with Gasteiger partial charge in [0.2, 0.25) is 0 Å². The van der Waals surface area contributed by atoms with Gasteiger partial charge in [0, 0.05) is 17.1 Å². The second-order valence-electron chi connectivity index (χ2n) is 8.16. The lowest BCUT2D eigenvalue weighted by Crippen LogP contribution is -2.61. The number of carbonyl (C=O) groups excluding carboxylic acids is 1. The maximum atomic E-state index is 13.4. The van der Waals surface area contributed by atoms with Crippen molar-refractivity contribution in [3.63, 3.8) is 0 Å². The van der Waals surface area contributed by atoms with Crippen LogP contribution in [-0.4, -0.2) is 44.9 Å². The molecule has 4 rings (SSSR count). The van der Waals surface area contributed by atoms with E-state index in [2.05, 4.69) is 29.3 Å². The summed E-state index contributed by atoms with van der Waals surface area (Å²) in [6.45, 7) is 4.51. The summed E-state index contributed by atoms with van der Waals surface area (Å²) in [5.41, 5.74) is 1.68. The van der Waals surface area contributed by atoms with Crippen LogP contribution >= 0.6 is 11.6 Å². The molecule has 0 spiro atoms. The van der Waals surface area contributed by atoms with E-state index in [-0.39, 0.29) is 23.7 Å². The van der Waals surface area contributed by atoms with Gasteiger partial charge in [0.15, 0.2) is 0 Å². The van der Waals surface area contributed by atoms with Crippen LogP contribution in [0.4, 0.5) is 0 Å². The smallest absolute Gasteiger partial charge is 0.295 e. The van der Waals surface area contributed by atoms with Crippen molar-refractivity contribution in [2.75, 3.05) is 6.54 Å². The highest BCUT2D eigenvalue weighted by Crippen LogP contribution is 2.28. The molecule has 1 aliphatic heterocycles. The van der Waals surface area contributed by atoms with Crippen molar-refractivity contribution in [3.05, 3.63) is 71.0 Å². The van der Waals surface area contributed by atoms with Crippen LogP contribution in [0.1, 0.15) is 42.5 Å². The molecule has 1 aromatic heterocycles. The van der Waals surface area contributed by atoms with Gasteiger partial charge in [0.1, 0.15) is 6.23 Å². The summed E-state index contributed by atoms with van der Waals surface area (Å²) < 4.78 is 5.33. The molecule has 3 aromatic rings. The number of nitrogens with zero attached hydrogens (tertiary/aromatic N) is 3. The van der Waals surface area contributed by atoms with Crippen LogP contribution in [0.2, 0.25) is 5.02 Å². The minimum absolute atomic E-state index is 0.0281. The van der Waals surface area contributed by atoms with Gasteiger partial charge < -0.3 is 14.5 Å². The summed E-state index contributed by atoms with van der Waals surface area (Å²) in [5.74, 6) is 0.145. The first-order valence-corrected chi connectivity index (χ1v) is 10.7. The van der Waals surface area contributed by atoms with E-state index >= 15 is 0 Å². The molecule has 1 fully saturated rings. The summed E-state index contributed by atoms with van der Waals surface area (Å²) in [6, 6.07) is 16.1. The van der Waals surface area contributed by atoms with E-state index in [1.807, 2.05) is 30.3 Å². The second kappa shape index (κ2) is 9.18. The number of aliphatic hydroxyl groups excluding tert-OH is 1. The summed E-state index contributed by atoms with van der Waals surface area (Å²) in [7, 11) is 0. The minimum Gasteiger partial charge on any atom is -0.376 e. The molecule has 162 valence electrons. The van der Waals surface area contributed by atoms with Crippen molar-refractivity contribution < 1.29 is 14.4 Å². The zero-order valence-electron chi connectivity index (χ0n) is 17.4. The number of aliphatic hydroxyl groups is 1. The Bertz CT molecular complexity index is 1020. The second-order valence-corrected chi connectivity index (χ2v) is 8.60. The van der Waals surface area contributed by atoms with Crippen LogP contribution in [0.3, 0.4) is 0 Å². The molecule has 0 saturated carbocycles. The van der Waals surface area contributed by atoms with Crippen molar-refractivity contribution in [1.82, 2.24) is 20.4 Å². The van der Waals surface area contributed by atoms with Gasteiger partial charge in [-0.25, -0.2) is 0 Å². The van der Waals surface area contributed by atoms with Crippen LogP contribution in [-0.2, 0) is 0 Å². The lowest BCUT2D eigenvalue weighted by Gasteiger charge is -2.44. The Morgan fingerprint density at radius 1 is 1.23 bits per heavy atom. The van der Waals surface area contributed by atoms with Crippen molar-refractivity contribution in [1.29, 1.82) is 0 Å². The number of carbonyl (C=O) groups is 1. The Labute approximate surface area is 186 Å². The number of piperazine rings is 1. The number of halogens is 1. The number of rotatable bonds is 5. The Morgan fingerprint density at radius 2 is 1.94 bits per heavy atom. The maximum absolute atomic E-state index is 13.4. The largest absolute Gasteiger partial charge is 0.376 e. The Hall–Kier alpha value is -2.74. The molecule has 7 nitrogen and oxygen atoms in total. The van der Waals surface area contributed by atoms with Crippen LogP contribution in [0.15, 0.2) is 59.1 Å². The standard InChI is InChI=1S/C23H25ClN4O3/c1-14(2)12-19-21(29)25-18(15-6-4-3-5-7-15)13-28(19)23(30)20-26-22(31-27-20)16-8-10-17(24)11-9-16/h3-11,14,18-19,21,25,29H,12-13H2,1-2H3. The van der Waals surface area contributed by atoms with Gasteiger partial charge >= 0.3 is 0 Å². The van der Waals surface area contributed by atoms with Crippen molar-refractivity contribution >= 4 is 17.5 Å². The van der Waals surface area contributed by atoms with E-state index < -0.39 is 12.3 Å². The fraction of sp³-hybridized carbons (Fsp3) is 0.348. The molecular weight excluding hydrogens is 416 g/mol. The lowest BCUT2D eigenvalue weighted by atomic mass is 9.95. The minimum atomic E-state index is -0.868. The Balaban J connectivity index is 1.61. The molecular formula is C23H25ClN4O3. The zero-order valence-corrected chi connectivity index (χ0v) is 18.2. The van der Waals surface area contributed by atoms with E-state index in [0.29, 0.717) is 29.5 Å². The van der Waals surface area contributed by atoms with Gasteiger partial charge in [-0.05, 0) is 42.2 Å². The van der Waals surface area contributed by atoms with Crippen molar-refractivity contribution in [2.24, 2.45) is 5.92 Å². The predicted molar refractivity (Wildman–Crippen MR) is 117 cm³/mol. The first-order valence-electron chi connectivity index (χ1n) is 10.3. The summed E-state index contributed by atoms with van der Waals surface area (Å²) in [4.78, 5) is 19.4. The molecule has 2 heterocycles. The summed E-state index contributed by atoms with van der Waals surface area (Å²) in [6.07, 6.45) is -0.225. The van der Waals surface area contributed by atoms with Crippen molar-refractivity contribution in [2.45, 2.75) is 38.6 Å². The molecule has 1 amide bonds. The fourth-order valence-corrected chi connectivity index (χ4v) is 4.01. The molecule has 1 aliphatic rings. The number of hydrogen-bond donors (Lipinski definition) is 2. The van der Waals surface area contributed by atoms with Gasteiger partial charge in [-0.15, -0.1) is 0 Å². The highest BCUT2D eigenvalue weighted by molar-refractivity contribution is 6.30. The van der Waals surface area contributed by atoms with E-state index in [4.69, 9.17) is 16.1 Å². The number of benzene rings is 2. The highest BCUT2D eigenvalue weighted by Gasteiger charge is 2.39. The van der Waals surface area contributed by atoms with Gasteiger partial charge in [-0.3, -0.25) is 10.1 Å². The van der Waals surface area contributed by atoms with Crippen LogP contribution in [0.5, 0.6) is 0 Å². The molecule has 2 aromatic carbocycles. The van der Waals surface area contributed by atoms with E-state index in [9.17, 15) is 9.90 Å². The third-order valence-electron chi connectivity index (χ3n) is 5.40. The molecule has 0 aliphatic carbocycles. The maximum Gasteiger partial charge on any atom is 0.295 e. The van der Waals surface area contributed by atoms with Gasteiger partial charge in [0.25, 0.3) is 17.6 Å². The predicted octanol–water partition coefficient (Wildman–Crippen LogP) is 3.91. The van der Waals surface area contributed by atoms with Gasteiger partial charge in [-0.2, -0.15) is 4.98 Å². The van der Waals surface area contributed by atoms with Gasteiger partial charge in [0.05, 0.1) is 12.1 Å². The molecule has 8 heteroatoms. The van der Waals surface area contributed by atoms with Gasteiger partial charge in [-0.1, -0.05) is 60.9 Å². The molecule has 0 bridgehead atoms. The first-order chi connectivity index (χ1) is 14.9. The summed E-state index contributed by atoms with van der Waals surface area (Å²) in [5, 5.41) is 18.6. The van der Waals surface area contributed by atoms with Crippen LogP contribution in [0.25, 0.3) is 11.5 Å². The average molecular weight is 441 g/mol. The molecule has 3 atom stereocenters.